The minimum absolute atomic E-state index is 0.299. The second-order valence-corrected chi connectivity index (χ2v) is 8.81. The highest BCUT2D eigenvalue weighted by Gasteiger charge is 2.64. The summed E-state index contributed by atoms with van der Waals surface area (Å²) in [5, 5.41) is 1.92. The molecule has 8 heteroatoms. The lowest BCUT2D eigenvalue weighted by Crippen LogP contribution is -2.38. The van der Waals surface area contributed by atoms with E-state index >= 15 is 0 Å². The average Bonchev–Trinajstić information content (AvgIpc) is 3.47. The third-order valence-corrected chi connectivity index (χ3v) is 6.79. The summed E-state index contributed by atoms with van der Waals surface area (Å²) in [7, 11) is 0. The van der Waals surface area contributed by atoms with Gasteiger partial charge in [-0.25, -0.2) is 4.98 Å². The molecule has 8 nitrogen and oxygen atoms in total. The number of rotatable bonds is 6. The van der Waals surface area contributed by atoms with E-state index in [4.69, 9.17) is 16.2 Å². The van der Waals surface area contributed by atoms with Gasteiger partial charge in [0.2, 0.25) is 11.8 Å². The molecular weight excluding hydrogens is 442 g/mol. The minimum atomic E-state index is -1.29. The Hall–Kier alpha value is -4.72. The SMILES string of the molecule is NC(=O)C1(C(N)=O)CC1c1ccc(Oc2ccnc3cc(-c4cnc5[nH]ccc5c4)ccc23)cc1. The molecule has 172 valence electrons. The summed E-state index contributed by atoms with van der Waals surface area (Å²) in [6, 6.07) is 19.2. The van der Waals surface area contributed by atoms with Crippen LogP contribution >= 0.6 is 0 Å². The maximum absolute atomic E-state index is 11.8. The van der Waals surface area contributed by atoms with Crippen LogP contribution in [-0.4, -0.2) is 26.8 Å². The number of carbonyl (C=O) groups is 2. The van der Waals surface area contributed by atoms with E-state index in [1.165, 1.54) is 0 Å². The van der Waals surface area contributed by atoms with Crippen LogP contribution in [-0.2, 0) is 9.59 Å². The van der Waals surface area contributed by atoms with Crippen LogP contribution in [0.2, 0.25) is 0 Å². The Balaban J connectivity index is 1.26. The molecule has 1 aliphatic rings. The van der Waals surface area contributed by atoms with Gasteiger partial charge in [-0.15, -0.1) is 0 Å². The molecule has 0 bridgehead atoms. The van der Waals surface area contributed by atoms with E-state index in [1.807, 2.05) is 54.9 Å². The van der Waals surface area contributed by atoms with Crippen LogP contribution in [0.5, 0.6) is 11.5 Å². The first-order valence-electron chi connectivity index (χ1n) is 11.2. The summed E-state index contributed by atoms with van der Waals surface area (Å²) in [5.74, 6) is -0.365. The van der Waals surface area contributed by atoms with E-state index in [-0.39, 0.29) is 5.92 Å². The van der Waals surface area contributed by atoms with E-state index < -0.39 is 17.2 Å². The molecule has 2 aromatic carbocycles. The fourth-order valence-electron chi connectivity index (χ4n) is 4.71. The van der Waals surface area contributed by atoms with Gasteiger partial charge in [0.05, 0.1) is 5.52 Å². The van der Waals surface area contributed by atoms with E-state index in [0.717, 1.165) is 38.6 Å². The van der Waals surface area contributed by atoms with Crippen molar-refractivity contribution in [1.29, 1.82) is 0 Å². The Bertz CT molecular complexity index is 1610. The predicted octanol–water partition coefficient (Wildman–Crippen LogP) is 4.01. The fourth-order valence-corrected chi connectivity index (χ4v) is 4.71. The number of hydrogen-bond donors (Lipinski definition) is 3. The lowest BCUT2D eigenvalue weighted by Gasteiger charge is -2.12. The standard InChI is InChI=1S/C27H21N5O3/c28-25(33)27(26(29)34)13-21(27)15-1-4-19(5-2-15)35-23-8-10-30-22-12-16(3-6-20(22)23)18-11-17-7-9-31-24(17)32-14-18/h1-12,14,21H,13H2,(H2,28,33)(H2,29,34)(H,31,32). The van der Waals surface area contributed by atoms with Gasteiger partial charge in [-0.3, -0.25) is 14.6 Å². The van der Waals surface area contributed by atoms with Crippen molar-refractivity contribution in [3.63, 3.8) is 0 Å². The lowest BCUT2D eigenvalue weighted by molar-refractivity contribution is -0.133. The predicted molar refractivity (Wildman–Crippen MR) is 132 cm³/mol. The monoisotopic (exact) mass is 463 g/mol. The van der Waals surface area contributed by atoms with Gasteiger partial charge in [0.25, 0.3) is 0 Å². The van der Waals surface area contributed by atoms with E-state index in [9.17, 15) is 9.59 Å². The second kappa shape index (κ2) is 7.66. The molecule has 5 N–H and O–H groups in total. The molecule has 0 saturated heterocycles. The molecule has 0 aliphatic heterocycles. The highest BCUT2D eigenvalue weighted by molar-refractivity contribution is 6.08. The number of nitrogens with one attached hydrogen (secondary N) is 1. The van der Waals surface area contributed by atoms with E-state index in [0.29, 0.717) is 17.9 Å². The van der Waals surface area contributed by atoms with Crippen molar-refractivity contribution in [2.45, 2.75) is 12.3 Å². The largest absolute Gasteiger partial charge is 0.457 e. The maximum Gasteiger partial charge on any atom is 0.233 e. The molecule has 3 heterocycles. The van der Waals surface area contributed by atoms with Crippen molar-refractivity contribution in [1.82, 2.24) is 15.0 Å². The van der Waals surface area contributed by atoms with Crippen LogP contribution in [0.1, 0.15) is 17.9 Å². The molecule has 2 amide bonds. The molecule has 1 unspecified atom stereocenters. The zero-order chi connectivity index (χ0) is 24.2. The first-order valence-corrected chi connectivity index (χ1v) is 11.2. The Morgan fingerprint density at radius 2 is 1.74 bits per heavy atom. The highest BCUT2D eigenvalue weighted by atomic mass is 16.5. The van der Waals surface area contributed by atoms with Crippen LogP contribution in [0.15, 0.2) is 79.3 Å². The van der Waals surface area contributed by atoms with Crippen molar-refractivity contribution in [2.24, 2.45) is 16.9 Å². The number of ether oxygens (including phenoxy) is 1. The molecule has 1 saturated carbocycles. The topological polar surface area (TPSA) is 137 Å². The Labute approximate surface area is 199 Å². The van der Waals surface area contributed by atoms with Crippen LogP contribution in [0.25, 0.3) is 33.1 Å². The number of pyridine rings is 2. The molecular formula is C27H21N5O3. The van der Waals surface area contributed by atoms with Gasteiger partial charge in [-0.1, -0.05) is 18.2 Å². The van der Waals surface area contributed by atoms with Crippen molar-refractivity contribution in [2.75, 3.05) is 0 Å². The average molecular weight is 463 g/mol. The summed E-state index contributed by atoms with van der Waals surface area (Å²) < 4.78 is 6.15. The van der Waals surface area contributed by atoms with Gasteiger partial charge in [0.1, 0.15) is 22.6 Å². The van der Waals surface area contributed by atoms with E-state index in [2.05, 4.69) is 21.0 Å². The van der Waals surface area contributed by atoms with E-state index in [1.54, 1.807) is 18.3 Å². The summed E-state index contributed by atoms with van der Waals surface area (Å²) in [5.41, 5.74) is 14.1. The molecule has 35 heavy (non-hydrogen) atoms. The zero-order valence-corrected chi connectivity index (χ0v) is 18.6. The Morgan fingerprint density at radius 3 is 2.49 bits per heavy atom. The van der Waals surface area contributed by atoms with Gasteiger partial charge < -0.3 is 21.2 Å². The summed E-state index contributed by atoms with van der Waals surface area (Å²) in [6.45, 7) is 0. The molecule has 6 rings (SSSR count). The molecule has 1 atom stereocenters. The normalized spacial score (nSPS) is 16.3. The van der Waals surface area contributed by atoms with Crippen LogP contribution in [0, 0.1) is 5.41 Å². The smallest absolute Gasteiger partial charge is 0.233 e. The molecule has 0 spiro atoms. The number of benzene rings is 2. The Kier molecular flexibility index (Phi) is 4.57. The second-order valence-electron chi connectivity index (χ2n) is 8.81. The van der Waals surface area contributed by atoms with Crippen molar-refractivity contribution in [3.8, 4) is 22.6 Å². The summed E-state index contributed by atoms with van der Waals surface area (Å²) in [6.07, 6.45) is 5.76. The van der Waals surface area contributed by atoms with Gasteiger partial charge in [-0.2, -0.15) is 0 Å². The first kappa shape index (κ1) is 20.9. The zero-order valence-electron chi connectivity index (χ0n) is 18.6. The van der Waals surface area contributed by atoms with Gasteiger partial charge in [0.15, 0.2) is 0 Å². The molecule has 0 radical (unpaired) electrons. The third-order valence-electron chi connectivity index (χ3n) is 6.79. The van der Waals surface area contributed by atoms with Crippen LogP contribution in [0.4, 0.5) is 0 Å². The molecule has 3 aromatic heterocycles. The van der Waals surface area contributed by atoms with Crippen molar-refractivity contribution in [3.05, 3.63) is 84.8 Å². The Morgan fingerprint density at radius 1 is 0.943 bits per heavy atom. The summed E-state index contributed by atoms with van der Waals surface area (Å²) in [4.78, 5) is 35.7. The number of aromatic amines is 1. The molecule has 5 aromatic rings. The number of aromatic nitrogens is 3. The number of amides is 2. The lowest BCUT2D eigenvalue weighted by atomic mass is 9.97. The number of primary amides is 2. The molecule has 1 fully saturated rings. The third kappa shape index (κ3) is 3.38. The van der Waals surface area contributed by atoms with Gasteiger partial charge in [0, 0.05) is 40.8 Å². The first-order chi connectivity index (χ1) is 17.0. The van der Waals surface area contributed by atoms with Gasteiger partial charge in [-0.05, 0) is 60.0 Å². The number of fused-ring (bicyclic) bond motifs is 2. The van der Waals surface area contributed by atoms with Crippen molar-refractivity contribution >= 4 is 33.8 Å². The number of carbonyl (C=O) groups excluding carboxylic acids is 2. The maximum atomic E-state index is 11.8. The fraction of sp³-hybridized carbons (Fsp3) is 0.111. The number of nitrogens with two attached hydrogens (primary N) is 2. The number of nitrogens with zero attached hydrogens (tertiary/aromatic N) is 2. The molecule has 1 aliphatic carbocycles. The summed E-state index contributed by atoms with van der Waals surface area (Å²) >= 11 is 0. The minimum Gasteiger partial charge on any atom is -0.457 e. The van der Waals surface area contributed by atoms with Crippen LogP contribution < -0.4 is 16.2 Å². The quantitative estimate of drug-likeness (QED) is 0.327. The van der Waals surface area contributed by atoms with Crippen LogP contribution in [0.3, 0.4) is 0 Å². The van der Waals surface area contributed by atoms with Crippen molar-refractivity contribution < 1.29 is 14.3 Å². The number of H-pyrrole nitrogens is 1. The highest BCUT2D eigenvalue weighted by Crippen LogP contribution is 2.59. The van der Waals surface area contributed by atoms with Gasteiger partial charge >= 0.3 is 0 Å². The number of hydrogen-bond acceptors (Lipinski definition) is 5.